The highest BCUT2D eigenvalue weighted by molar-refractivity contribution is 7.80. The summed E-state index contributed by atoms with van der Waals surface area (Å²) in [6.07, 6.45) is 2.47. The molecule has 2 aromatic rings. The number of nitrogens with one attached hydrogen (secondary N) is 2. The van der Waals surface area contributed by atoms with Crippen molar-refractivity contribution in [3.05, 3.63) is 71.3 Å². The lowest BCUT2D eigenvalue weighted by Gasteiger charge is -2.27. The van der Waals surface area contributed by atoms with E-state index in [9.17, 15) is 0 Å². The second-order valence-corrected chi connectivity index (χ2v) is 6.67. The number of rotatable bonds is 6. The first kappa shape index (κ1) is 18.5. The minimum Gasteiger partial charge on any atom is -0.493 e. The van der Waals surface area contributed by atoms with Gasteiger partial charge in [-0.05, 0) is 30.4 Å². The number of benzene rings is 2. The average Bonchev–Trinajstić information content (AvgIpc) is 2.66. The van der Waals surface area contributed by atoms with Crippen molar-refractivity contribution < 1.29 is 9.47 Å². The molecule has 0 fully saturated rings. The number of hydrogen-bond donors (Lipinski definition) is 2. The minimum atomic E-state index is -0.0667. The Bertz CT molecular complexity index is 797. The first-order valence-corrected chi connectivity index (χ1v) is 9.26. The molecule has 0 amide bonds. The Balaban J connectivity index is 1.76. The fourth-order valence-corrected chi connectivity index (χ4v) is 3.19. The molecule has 0 bridgehead atoms. The van der Waals surface area contributed by atoms with Crippen LogP contribution in [0.15, 0.2) is 55.1 Å². The van der Waals surface area contributed by atoms with Crippen LogP contribution in [-0.2, 0) is 6.54 Å². The molecular weight excluding hydrogens is 368 g/mol. The van der Waals surface area contributed by atoms with Gasteiger partial charge in [-0.2, -0.15) is 0 Å². The van der Waals surface area contributed by atoms with Crippen LogP contribution in [0.3, 0.4) is 0 Å². The third-order valence-corrected chi connectivity index (χ3v) is 4.72. The van der Waals surface area contributed by atoms with E-state index in [1.165, 1.54) is 0 Å². The Morgan fingerprint density at radius 1 is 1.27 bits per heavy atom. The molecule has 1 atom stereocenters. The molecule has 4 nitrogen and oxygen atoms in total. The van der Waals surface area contributed by atoms with Gasteiger partial charge in [-0.3, -0.25) is 0 Å². The molecule has 6 heteroatoms. The maximum Gasteiger partial charge on any atom is 0.166 e. The van der Waals surface area contributed by atoms with Crippen LogP contribution < -0.4 is 20.1 Å². The Labute approximate surface area is 164 Å². The van der Waals surface area contributed by atoms with Crippen molar-refractivity contribution in [2.75, 3.05) is 13.2 Å². The van der Waals surface area contributed by atoms with Gasteiger partial charge in [0.2, 0.25) is 0 Å². The van der Waals surface area contributed by atoms with Crippen molar-refractivity contribution in [1.29, 1.82) is 0 Å². The van der Waals surface area contributed by atoms with Gasteiger partial charge in [0.25, 0.3) is 0 Å². The predicted molar refractivity (Wildman–Crippen MR) is 109 cm³/mol. The quantitative estimate of drug-likeness (QED) is 0.567. The fraction of sp³-hybridized carbons (Fsp3) is 0.250. The van der Waals surface area contributed by atoms with Gasteiger partial charge >= 0.3 is 0 Å². The minimum absolute atomic E-state index is 0.0667. The zero-order valence-corrected chi connectivity index (χ0v) is 15.9. The van der Waals surface area contributed by atoms with Crippen LogP contribution >= 0.6 is 23.8 Å². The topological polar surface area (TPSA) is 42.5 Å². The lowest BCUT2D eigenvalue weighted by molar-refractivity contribution is 0.135. The second kappa shape index (κ2) is 8.92. The SMILES string of the molecule is C=CCNC(=S)NCc1c(Cl)cccc1O[C@H]1CCOc2ccccc21. The molecule has 2 N–H and O–H groups in total. The summed E-state index contributed by atoms with van der Waals surface area (Å²) < 4.78 is 12.0. The van der Waals surface area contributed by atoms with Crippen LogP contribution in [-0.4, -0.2) is 18.3 Å². The Kier molecular flexibility index (Phi) is 6.36. The van der Waals surface area contributed by atoms with Crippen LogP contribution in [0.2, 0.25) is 5.02 Å². The molecule has 0 aliphatic carbocycles. The van der Waals surface area contributed by atoms with Gasteiger partial charge in [0, 0.05) is 35.7 Å². The lowest BCUT2D eigenvalue weighted by atomic mass is 10.0. The summed E-state index contributed by atoms with van der Waals surface area (Å²) in [5.41, 5.74) is 1.93. The summed E-state index contributed by atoms with van der Waals surface area (Å²) in [5, 5.41) is 7.38. The van der Waals surface area contributed by atoms with E-state index < -0.39 is 0 Å². The zero-order valence-electron chi connectivity index (χ0n) is 14.3. The largest absolute Gasteiger partial charge is 0.493 e. The second-order valence-electron chi connectivity index (χ2n) is 5.85. The molecular formula is C20H21ClN2O2S. The average molecular weight is 389 g/mol. The summed E-state index contributed by atoms with van der Waals surface area (Å²) in [7, 11) is 0. The third kappa shape index (κ3) is 4.48. The van der Waals surface area contributed by atoms with Crippen LogP contribution in [0.5, 0.6) is 11.5 Å². The number of halogens is 1. The van der Waals surface area contributed by atoms with Crippen molar-refractivity contribution in [3.8, 4) is 11.5 Å². The van der Waals surface area contributed by atoms with Gasteiger partial charge in [0.1, 0.15) is 17.6 Å². The van der Waals surface area contributed by atoms with Crippen molar-refractivity contribution in [2.24, 2.45) is 0 Å². The van der Waals surface area contributed by atoms with Crippen LogP contribution in [0.4, 0.5) is 0 Å². The van der Waals surface area contributed by atoms with E-state index in [1.54, 1.807) is 6.08 Å². The Hall–Kier alpha value is -2.24. The first-order chi connectivity index (χ1) is 12.7. The van der Waals surface area contributed by atoms with Crippen molar-refractivity contribution in [3.63, 3.8) is 0 Å². The number of thiocarbonyl (C=S) groups is 1. The number of fused-ring (bicyclic) bond motifs is 1. The molecule has 0 radical (unpaired) electrons. The van der Waals surface area contributed by atoms with E-state index in [1.807, 2.05) is 42.5 Å². The van der Waals surface area contributed by atoms with E-state index in [-0.39, 0.29) is 6.10 Å². The smallest absolute Gasteiger partial charge is 0.166 e. The maximum atomic E-state index is 6.41. The molecule has 1 aliphatic rings. The Morgan fingerprint density at radius 2 is 2.12 bits per heavy atom. The third-order valence-electron chi connectivity index (χ3n) is 4.08. The summed E-state index contributed by atoms with van der Waals surface area (Å²) in [5.74, 6) is 1.62. The molecule has 1 aliphatic heterocycles. The van der Waals surface area contributed by atoms with E-state index in [2.05, 4.69) is 17.2 Å². The standard InChI is InChI=1S/C20H21ClN2O2S/c1-2-11-22-20(26)23-13-15-16(21)7-5-9-18(15)25-19-10-12-24-17-8-4-3-6-14(17)19/h2-9,19H,1,10-13H2,(H2,22,23,26)/t19-/m0/s1. The molecule has 26 heavy (non-hydrogen) atoms. The Morgan fingerprint density at radius 3 is 2.96 bits per heavy atom. The lowest BCUT2D eigenvalue weighted by Crippen LogP contribution is -2.34. The highest BCUT2D eigenvalue weighted by Gasteiger charge is 2.24. The monoisotopic (exact) mass is 388 g/mol. The summed E-state index contributed by atoms with van der Waals surface area (Å²) >= 11 is 11.7. The molecule has 0 unspecified atom stereocenters. The molecule has 3 rings (SSSR count). The molecule has 0 spiro atoms. The van der Waals surface area contributed by atoms with Crippen LogP contribution in [0, 0.1) is 0 Å². The number of ether oxygens (including phenoxy) is 2. The summed E-state index contributed by atoms with van der Waals surface area (Å²) in [6, 6.07) is 13.6. The molecule has 1 heterocycles. The molecule has 136 valence electrons. The van der Waals surface area contributed by atoms with Crippen molar-refractivity contribution in [2.45, 2.75) is 19.1 Å². The van der Waals surface area contributed by atoms with Crippen molar-refractivity contribution >= 4 is 28.9 Å². The van der Waals surface area contributed by atoms with Gasteiger partial charge in [0.15, 0.2) is 5.11 Å². The van der Waals surface area contributed by atoms with E-state index in [0.717, 1.165) is 29.0 Å². The van der Waals surface area contributed by atoms with Crippen LogP contribution in [0.1, 0.15) is 23.7 Å². The van der Waals surface area contributed by atoms with E-state index in [4.69, 9.17) is 33.3 Å². The first-order valence-electron chi connectivity index (χ1n) is 8.47. The maximum absolute atomic E-state index is 6.41. The molecule has 0 aromatic heterocycles. The number of para-hydroxylation sites is 1. The van der Waals surface area contributed by atoms with Gasteiger partial charge in [-0.1, -0.05) is 41.9 Å². The van der Waals surface area contributed by atoms with E-state index in [0.29, 0.717) is 29.8 Å². The van der Waals surface area contributed by atoms with Gasteiger partial charge in [-0.15, -0.1) is 6.58 Å². The highest BCUT2D eigenvalue weighted by Crippen LogP contribution is 2.37. The zero-order chi connectivity index (χ0) is 18.4. The molecule has 0 saturated heterocycles. The van der Waals surface area contributed by atoms with Crippen molar-refractivity contribution in [1.82, 2.24) is 10.6 Å². The van der Waals surface area contributed by atoms with Crippen LogP contribution in [0.25, 0.3) is 0 Å². The summed E-state index contributed by atoms with van der Waals surface area (Å²) in [6.45, 7) is 5.37. The molecule has 2 aromatic carbocycles. The van der Waals surface area contributed by atoms with Gasteiger partial charge in [-0.25, -0.2) is 0 Å². The normalized spacial score (nSPS) is 15.3. The van der Waals surface area contributed by atoms with E-state index >= 15 is 0 Å². The van der Waals surface area contributed by atoms with Gasteiger partial charge in [0.05, 0.1) is 6.61 Å². The predicted octanol–water partition coefficient (Wildman–Crippen LogP) is 4.39. The molecule has 0 saturated carbocycles. The summed E-state index contributed by atoms with van der Waals surface area (Å²) in [4.78, 5) is 0. The van der Waals surface area contributed by atoms with Gasteiger partial charge < -0.3 is 20.1 Å². The highest BCUT2D eigenvalue weighted by atomic mass is 35.5. The number of hydrogen-bond acceptors (Lipinski definition) is 3. The fourth-order valence-electron chi connectivity index (χ4n) is 2.80.